The molecule has 1 aliphatic heterocycles. The highest BCUT2D eigenvalue weighted by Gasteiger charge is 2.32. The van der Waals surface area contributed by atoms with Gasteiger partial charge in [0.05, 0.1) is 11.3 Å². The fraction of sp³-hybridized carbons (Fsp3) is 0.500. The second-order valence-electron chi connectivity index (χ2n) is 5.62. The Morgan fingerprint density at radius 1 is 1.37 bits per heavy atom. The number of carboxylic acids is 1. The van der Waals surface area contributed by atoms with E-state index in [1.54, 1.807) is 12.1 Å². The Bertz CT molecular complexity index is 502. The number of benzene rings is 1. The first-order chi connectivity index (χ1) is 8.81. The summed E-state index contributed by atoms with van der Waals surface area (Å²) in [6.45, 7) is 6.95. The molecule has 1 aliphatic rings. The fourth-order valence-corrected chi connectivity index (χ4v) is 2.74. The van der Waals surface area contributed by atoms with E-state index in [0.717, 1.165) is 29.8 Å². The topological polar surface area (TPSA) is 43.8 Å². The van der Waals surface area contributed by atoms with Crippen molar-refractivity contribution in [3.8, 4) is 0 Å². The van der Waals surface area contributed by atoms with Crippen LogP contribution in [0.3, 0.4) is 0 Å². The molecular formula is C14H19BrN2O2. The quantitative estimate of drug-likeness (QED) is 0.907. The van der Waals surface area contributed by atoms with Crippen molar-refractivity contribution in [1.82, 2.24) is 4.90 Å². The van der Waals surface area contributed by atoms with Crippen LogP contribution in [0.4, 0.5) is 5.69 Å². The summed E-state index contributed by atoms with van der Waals surface area (Å²) < 4.78 is 0.907. The SMILES string of the molecule is CN1CCN(c2cc(Br)ccc2C(=O)O)CC1(C)C. The molecule has 19 heavy (non-hydrogen) atoms. The molecule has 0 aliphatic carbocycles. The first-order valence-electron chi connectivity index (χ1n) is 6.30. The monoisotopic (exact) mass is 326 g/mol. The van der Waals surface area contributed by atoms with Crippen LogP contribution in [0.15, 0.2) is 22.7 Å². The number of carbonyl (C=O) groups is 1. The highest BCUT2D eigenvalue weighted by atomic mass is 79.9. The maximum absolute atomic E-state index is 11.3. The van der Waals surface area contributed by atoms with Crippen LogP contribution in [0.1, 0.15) is 24.2 Å². The number of halogens is 1. The van der Waals surface area contributed by atoms with Crippen LogP contribution < -0.4 is 4.90 Å². The third-order valence-electron chi connectivity index (χ3n) is 3.85. The van der Waals surface area contributed by atoms with Crippen molar-refractivity contribution in [2.24, 2.45) is 0 Å². The molecule has 1 saturated heterocycles. The summed E-state index contributed by atoms with van der Waals surface area (Å²) in [5.41, 5.74) is 1.20. The molecule has 0 unspecified atom stereocenters. The molecule has 1 aromatic rings. The maximum atomic E-state index is 11.3. The minimum Gasteiger partial charge on any atom is -0.478 e. The summed E-state index contributed by atoms with van der Waals surface area (Å²) in [6, 6.07) is 5.33. The van der Waals surface area contributed by atoms with Crippen molar-refractivity contribution in [1.29, 1.82) is 0 Å². The number of anilines is 1. The van der Waals surface area contributed by atoms with E-state index in [-0.39, 0.29) is 5.54 Å². The summed E-state index contributed by atoms with van der Waals surface area (Å²) in [4.78, 5) is 15.8. The zero-order chi connectivity index (χ0) is 14.2. The zero-order valence-electron chi connectivity index (χ0n) is 11.5. The number of aromatic carboxylic acids is 1. The van der Waals surface area contributed by atoms with Crippen LogP contribution in [0, 0.1) is 0 Å². The minimum atomic E-state index is -0.876. The Morgan fingerprint density at radius 3 is 2.63 bits per heavy atom. The van der Waals surface area contributed by atoms with Crippen LogP contribution in [-0.4, -0.2) is 48.2 Å². The van der Waals surface area contributed by atoms with Crippen molar-refractivity contribution in [3.63, 3.8) is 0 Å². The summed E-state index contributed by atoms with van der Waals surface area (Å²) in [6.07, 6.45) is 0. The van der Waals surface area contributed by atoms with Crippen molar-refractivity contribution < 1.29 is 9.90 Å². The van der Waals surface area contributed by atoms with Gasteiger partial charge in [-0.25, -0.2) is 4.79 Å². The van der Waals surface area contributed by atoms with Crippen molar-refractivity contribution >= 4 is 27.6 Å². The van der Waals surface area contributed by atoms with Crippen molar-refractivity contribution in [2.45, 2.75) is 19.4 Å². The van der Waals surface area contributed by atoms with Crippen LogP contribution in [0.5, 0.6) is 0 Å². The highest BCUT2D eigenvalue weighted by Crippen LogP contribution is 2.29. The van der Waals surface area contributed by atoms with Gasteiger partial charge in [0.1, 0.15) is 0 Å². The van der Waals surface area contributed by atoms with Gasteiger partial charge < -0.3 is 10.0 Å². The minimum absolute atomic E-state index is 0.0380. The van der Waals surface area contributed by atoms with E-state index in [0.29, 0.717) is 5.56 Å². The number of nitrogens with zero attached hydrogens (tertiary/aromatic N) is 2. The molecule has 1 fully saturated rings. The van der Waals surface area contributed by atoms with Gasteiger partial charge in [-0.2, -0.15) is 0 Å². The number of rotatable bonds is 2. The smallest absolute Gasteiger partial charge is 0.337 e. The van der Waals surface area contributed by atoms with E-state index < -0.39 is 5.97 Å². The van der Waals surface area contributed by atoms with Crippen molar-refractivity contribution in [2.75, 3.05) is 31.6 Å². The average Bonchev–Trinajstić information content (AvgIpc) is 2.32. The molecule has 4 nitrogen and oxygen atoms in total. The maximum Gasteiger partial charge on any atom is 0.337 e. The van der Waals surface area contributed by atoms with Gasteiger partial charge in [-0.05, 0) is 39.1 Å². The molecule has 0 bridgehead atoms. The number of carboxylic acid groups (broad SMARTS) is 1. The van der Waals surface area contributed by atoms with E-state index >= 15 is 0 Å². The van der Waals surface area contributed by atoms with Crippen LogP contribution in [0.25, 0.3) is 0 Å². The Morgan fingerprint density at radius 2 is 2.05 bits per heavy atom. The van der Waals surface area contributed by atoms with E-state index in [9.17, 15) is 9.90 Å². The Balaban J connectivity index is 2.36. The van der Waals surface area contributed by atoms with Gasteiger partial charge in [0.2, 0.25) is 0 Å². The lowest BCUT2D eigenvalue weighted by Crippen LogP contribution is -2.58. The lowest BCUT2D eigenvalue weighted by molar-refractivity contribution is 0.0696. The van der Waals surface area contributed by atoms with Crippen molar-refractivity contribution in [3.05, 3.63) is 28.2 Å². The van der Waals surface area contributed by atoms with Gasteiger partial charge in [-0.1, -0.05) is 15.9 Å². The molecule has 0 radical (unpaired) electrons. The van der Waals surface area contributed by atoms with Crippen LogP contribution in [0.2, 0.25) is 0 Å². The van der Waals surface area contributed by atoms with Crippen LogP contribution >= 0.6 is 15.9 Å². The molecule has 1 aromatic carbocycles. The third-order valence-corrected chi connectivity index (χ3v) is 4.34. The van der Waals surface area contributed by atoms with E-state index in [2.05, 4.69) is 46.6 Å². The zero-order valence-corrected chi connectivity index (χ0v) is 13.1. The predicted octanol–water partition coefficient (Wildman–Crippen LogP) is 2.68. The average molecular weight is 327 g/mol. The second kappa shape index (κ2) is 5.13. The lowest BCUT2D eigenvalue weighted by Gasteiger charge is -2.46. The summed E-state index contributed by atoms with van der Waals surface area (Å²) in [5.74, 6) is -0.876. The third kappa shape index (κ3) is 2.92. The molecule has 1 N–H and O–H groups in total. The lowest BCUT2D eigenvalue weighted by atomic mass is 9.98. The largest absolute Gasteiger partial charge is 0.478 e. The second-order valence-corrected chi connectivity index (χ2v) is 6.54. The molecular weight excluding hydrogens is 308 g/mol. The van der Waals surface area contributed by atoms with E-state index in [1.807, 2.05) is 6.07 Å². The van der Waals surface area contributed by atoms with Crippen LogP contribution in [-0.2, 0) is 0 Å². The first-order valence-corrected chi connectivity index (χ1v) is 7.09. The number of likely N-dealkylation sites (N-methyl/N-ethyl adjacent to an activating group) is 1. The summed E-state index contributed by atoms with van der Waals surface area (Å²) in [7, 11) is 2.11. The normalized spacial score (nSPS) is 19.5. The predicted molar refractivity (Wildman–Crippen MR) is 80.0 cm³/mol. The van der Waals surface area contributed by atoms with Gasteiger partial charge in [-0.15, -0.1) is 0 Å². The molecule has 1 heterocycles. The summed E-state index contributed by atoms with van der Waals surface area (Å²) >= 11 is 3.42. The molecule has 0 atom stereocenters. The molecule has 5 heteroatoms. The molecule has 2 rings (SSSR count). The fourth-order valence-electron chi connectivity index (χ4n) is 2.39. The van der Waals surface area contributed by atoms with E-state index in [4.69, 9.17) is 0 Å². The van der Waals surface area contributed by atoms with Gasteiger partial charge >= 0.3 is 5.97 Å². The van der Waals surface area contributed by atoms with Gasteiger partial charge in [0, 0.05) is 29.6 Å². The van der Waals surface area contributed by atoms with Gasteiger partial charge in [0.15, 0.2) is 0 Å². The van der Waals surface area contributed by atoms with Gasteiger partial charge in [0.25, 0.3) is 0 Å². The number of piperazine rings is 1. The number of hydrogen-bond acceptors (Lipinski definition) is 3. The highest BCUT2D eigenvalue weighted by molar-refractivity contribution is 9.10. The molecule has 104 valence electrons. The van der Waals surface area contributed by atoms with E-state index in [1.165, 1.54) is 0 Å². The first kappa shape index (κ1) is 14.3. The van der Waals surface area contributed by atoms with Gasteiger partial charge in [-0.3, -0.25) is 4.90 Å². The molecule has 0 aromatic heterocycles. The molecule has 0 saturated carbocycles. The molecule has 0 amide bonds. The molecule has 0 spiro atoms. The number of hydrogen-bond donors (Lipinski definition) is 1. The Kier molecular flexibility index (Phi) is 3.87. The summed E-state index contributed by atoms with van der Waals surface area (Å²) in [5, 5.41) is 9.32. The Labute approximate surface area is 122 Å². The Hall–Kier alpha value is -1.07. The standard InChI is InChI=1S/C14H19BrN2O2/c1-14(2)9-17(7-6-16(14)3)12-8-10(15)4-5-11(12)13(18)19/h4-5,8H,6-7,9H2,1-3H3,(H,18,19).